The van der Waals surface area contributed by atoms with Crippen molar-refractivity contribution >= 4 is 45.9 Å². The molecule has 0 unspecified atom stereocenters. The average Bonchev–Trinajstić information content (AvgIpc) is 2.83. The quantitative estimate of drug-likeness (QED) is 0.225. The summed E-state index contributed by atoms with van der Waals surface area (Å²) in [5.41, 5.74) is 1.03. The van der Waals surface area contributed by atoms with Crippen LogP contribution in [0.2, 0.25) is 5.02 Å². The third-order valence-electron chi connectivity index (χ3n) is 4.83. The summed E-state index contributed by atoms with van der Waals surface area (Å²) in [5, 5.41) is 9.67. The van der Waals surface area contributed by atoms with Gasteiger partial charge in [-0.25, -0.2) is 9.37 Å². The van der Waals surface area contributed by atoms with Crippen LogP contribution in [0.4, 0.5) is 10.1 Å². The lowest BCUT2D eigenvalue weighted by Gasteiger charge is -2.20. The molecule has 0 aliphatic carbocycles. The molecule has 1 amide bonds. The van der Waals surface area contributed by atoms with Crippen molar-refractivity contribution in [1.82, 2.24) is 9.55 Å². The number of rotatable bonds is 6. The molecule has 33 heavy (non-hydrogen) atoms. The number of nitrogens with zero attached hydrogens (tertiary/aromatic N) is 4. The fourth-order valence-electron chi connectivity index (χ4n) is 3.27. The molecule has 0 saturated heterocycles. The van der Waals surface area contributed by atoms with E-state index in [9.17, 15) is 19.2 Å². The molecule has 1 heterocycles. The minimum absolute atomic E-state index is 0.0731. The van der Waals surface area contributed by atoms with E-state index in [0.717, 1.165) is 11.8 Å². The molecule has 9 heteroatoms. The highest BCUT2D eigenvalue weighted by molar-refractivity contribution is 7.99. The van der Waals surface area contributed by atoms with Gasteiger partial charge in [0.25, 0.3) is 5.56 Å². The largest absolute Gasteiger partial charge is 0.298 e. The van der Waals surface area contributed by atoms with E-state index < -0.39 is 5.82 Å². The smallest absolute Gasteiger partial charge is 0.266 e. The van der Waals surface area contributed by atoms with E-state index in [2.05, 4.69) is 4.98 Å². The molecule has 3 aromatic carbocycles. The van der Waals surface area contributed by atoms with Gasteiger partial charge in [0.2, 0.25) is 5.91 Å². The number of carbonyl (C=O) groups excluding carboxylic acids is 1. The van der Waals surface area contributed by atoms with Crippen LogP contribution in [0.25, 0.3) is 16.6 Å². The molecule has 6 nitrogen and oxygen atoms in total. The maximum Gasteiger partial charge on any atom is 0.266 e. The van der Waals surface area contributed by atoms with Crippen molar-refractivity contribution in [3.63, 3.8) is 0 Å². The van der Waals surface area contributed by atoms with Crippen LogP contribution in [0, 0.1) is 17.1 Å². The highest BCUT2D eigenvalue weighted by atomic mass is 35.5. The molecular formula is C24H16ClFN4O2S. The zero-order chi connectivity index (χ0) is 23.4. The van der Waals surface area contributed by atoms with Gasteiger partial charge >= 0.3 is 0 Å². The van der Waals surface area contributed by atoms with Gasteiger partial charge in [0.1, 0.15) is 12.4 Å². The monoisotopic (exact) mass is 478 g/mol. The molecule has 4 rings (SSSR count). The minimum Gasteiger partial charge on any atom is -0.298 e. The predicted octanol–water partition coefficient (Wildman–Crippen LogP) is 4.83. The van der Waals surface area contributed by atoms with Crippen LogP contribution in [0.3, 0.4) is 0 Å². The molecule has 4 aromatic rings. The SMILES string of the molecule is N#CCN(C(=O)CSc1nc2ccccc2c(=O)n1-c1ccc(F)c(Cl)c1)c1ccccc1. The third kappa shape index (κ3) is 4.75. The summed E-state index contributed by atoms with van der Waals surface area (Å²) in [6, 6.07) is 21.6. The average molecular weight is 479 g/mol. The molecule has 0 bridgehead atoms. The van der Waals surface area contributed by atoms with E-state index in [1.807, 2.05) is 12.1 Å². The lowest BCUT2D eigenvalue weighted by molar-refractivity contribution is -0.116. The summed E-state index contributed by atoms with van der Waals surface area (Å²) in [6.45, 7) is -0.116. The highest BCUT2D eigenvalue weighted by Gasteiger charge is 2.19. The predicted molar refractivity (Wildman–Crippen MR) is 127 cm³/mol. The van der Waals surface area contributed by atoms with Crippen molar-refractivity contribution in [2.75, 3.05) is 17.2 Å². The summed E-state index contributed by atoms with van der Waals surface area (Å²) in [4.78, 5) is 32.2. The molecule has 0 atom stereocenters. The summed E-state index contributed by atoms with van der Waals surface area (Å²) in [5.74, 6) is -1.00. The topological polar surface area (TPSA) is 79.0 Å². The molecule has 0 N–H and O–H groups in total. The zero-order valence-corrected chi connectivity index (χ0v) is 18.7. The van der Waals surface area contributed by atoms with Crippen LogP contribution in [0.1, 0.15) is 0 Å². The van der Waals surface area contributed by atoms with Crippen LogP contribution < -0.4 is 10.5 Å². The fraction of sp³-hybridized carbons (Fsp3) is 0.0833. The van der Waals surface area contributed by atoms with Gasteiger partial charge in [-0.1, -0.05) is 53.7 Å². The fourth-order valence-corrected chi connectivity index (χ4v) is 4.33. The molecule has 0 fully saturated rings. The van der Waals surface area contributed by atoms with Crippen LogP contribution in [0.15, 0.2) is 82.7 Å². The van der Waals surface area contributed by atoms with Crippen molar-refractivity contribution in [3.05, 3.63) is 94.0 Å². The first kappa shape index (κ1) is 22.5. The standard InChI is InChI=1S/C24H16ClFN4O2S/c25-19-14-17(10-11-20(19)26)30-23(32)18-8-4-5-9-21(18)28-24(30)33-15-22(31)29(13-12-27)16-6-2-1-3-7-16/h1-11,14H,13,15H2. The maximum absolute atomic E-state index is 13.7. The lowest BCUT2D eigenvalue weighted by Crippen LogP contribution is -2.33. The van der Waals surface area contributed by atoms with E-state index in [1.165, 1.54) is 27.7 Å². The number of fused-ring (bicyclic) bond motifs is 1. The van der Waals surface area contributed by atoms with Crippen LogP contribution in [0.5, 0.6) is 0 Å². The Kier molecular flexibility index (Phi) is 6.73. The molecule has 0 aliphatic heterocycles. The molecule has 0 aliphatic rings. The second kappa shape index (κ2) is 9.86. The molecular weight excluding hydrogens is 463 g/mol. The van der Waals surface area contributed by atoms with E-state index in [4.69, 9.17) is 11.6 Å². The Morgan fingerprint density at radius 1 is 1.12 bits per heavy atom. The Hall–Kier alpha value is -3.67. The van der Waals surface area contributed by atoms with Crippen LogP contribution >= 0.6 is 23.4 Å². The van der Waals surface area contributed by atoms with Crippen LogP contribution in [-0.2, 0) is 4.79 Å². The Labute approximate surface area is 197 Å². The Bertz CT molecular complexity index is 1440. The lowest BCUT2D eigenvalue weighted by atomic mass is 10.2. The Morgan fingerprint density at radius 3 is 2.58 bits per heavy atom. The van der Waals surface area contributed by atoms with Crippen molar-refractivity contribution in [2.24, 2.45) is 0 Å². The summed E-state index contributed by atoms with van der Waals surface area (Å²) < 4.78 is 15.0. The first-order valence-electron chi connectivity index (χ1n) is 9.82. The van der Waals surface area contributed by atoms with Gasteiger partial charge in [-0.05, 0) is 42.5 Å². The van der Waals surface area contributed by atoms with E-state index >= 15 is 0 Å². The van der Waals surface area contributed by atoms with Gasteiger partial charge in [-0.15, -0.1) is 0 Å². The number of thioether (sulfide) groups is 1. The summed E-state index contributed by atoms with van der Waals surface area (Å²) in [7, 11) is 0. The van der Waals surface area contributed by atoms with Crippen LogP contribution in [-0.4, -0.2) is 27.8 Å². The highest BCUT2D eigenvalue weighted by Crippen LogP contribution is 2.25. The number of carbonyl (C=O) groups is 1. The Balaban J connectivity index is 1.74. The van der Waals surface area contributed by atoms with Gasteiger partial charge in [0.05, 0.1) is 33.4 Å². The van der Waals surface area contributed by atoms with Gasteiger partial charge in [0.15, 0.2) is 5.16 Å². The first-order valence-corrected chi connectivity index (χ1v) is 11.2. The number of para-hydroxylation sites is 2. The first-order chi connectivity index (χ1) is 16.0. The van der Waals surface area contributed by atoms with E-state index in [0.29, 0.717) is 22.3 Å². The number of hydrogen-bond donors (Lipinski definition) is 0. The number of anilines is 1. The number of halogens is 2. The van der Waals surface area contributed by atoms with Gasteiger partial charge in [0, 0.05) is 5.69 Å². The van der Waals surface area contributed by atoms with Gasteiger partial charge in [-0.3, -0.25) is 19.1 Å². The zero-order valence-electron chi connectivity index (χ0n) is 17.1. The molecule has 0 saturated carbocycles. The Morgan fingerprint density at radius 2 is 1.85 bits per heavy atom. The third-order valence-corrected chi connectivity index (χ3v) is 6.04. The summed E-state index contributed by atoms with van der Waals surface area (Å²) in [6.07, 6.45) is 0. The van der Waals surface area contributed by atoms with Crippen molar-refractivity contribution < 1.29 is 9.18 Å². The van der Waals surface area contributed by atoms with E-state index in [1.54, 1.807) is 48.5 Å². The molecule has 164 valence electrons. The van der Waals surface area contributed by atoms with Gasteiger partial charge in [-0.2, -0.15) is 5.26 Å². The summed E-state index contributed by atoms with van der Waals surface area (Å²) >= 11 is 7.00. The van der Waals surface area contributed by atoms with Gasteiger partial charge < -0.3 is 0 Å². The van der Waals surface area contributed by atoms with Crippen molar-refractivity contribution in [3.8, 4) is 11.8 Å². The normalized spacial score (nSPS) is 10.7. The van der Waals surface area contributed by atoms with Crippen molar-refractivity contribution in [1.29, 1.82) is 5.26 Å². The second-order valence-corrected chi connectivity index (χ2v) is 8.26. The minimum atomic E-state index is -0.610. The molecule has 0 radical (unpaired) electrons. The van der Waals surface area contributed by atoms with E-state index in [-0.39, 0.29) is 33.9 Å². The molecule has 0 spiro atoms. The second-order valence-electron chi connectivity index (χ2n) is 6.91. The number of hydrogen-bond acceptors (Lipinski definition) is 5. The van der Waals surface area contributed by atoms with Crippen molar-refractivity contribution in [2.45, 2.75) is 5.16 Å². The number of aromatic nitrogens is 2. The molecule has 1 aromatic heterocycles. The number of benzene rings is 3. The number of nitriles is 1. The number of amides is 1. The maximum atomic E-state index is 13.7.